The molecule has 18 heavy (non-hydrogen) atoms. The molecule has 0 heterocycles. The van der Waals surface area contributed by atoms with Crippen LogP contribution in [0.1, 0.15) is 11.1 Å². The van der Waals surface area contributed by atoms with Gasteiger partial charge in [0.05, 0.1) is 13.2 Å². The molecule has 1 aromatic rings. The maximum Gasteiger partial charge on any atom is 0.123 e. The molecule has 1 aromatic carbocycles. The number of likely N-dealkylation sites (N-methyl/N-ethyl adjacent to an activating group) is 1. The third-order valence-corrected chi connectivity index (χ3v) is 2.73. The summed E-state index contributed by atoms with van der Waals surface area (Å²) in [5.74, 6) is -0.181. The standard InChI is InChI=1S/C14H23FN2O/c1-12-4-5-14(15)10-13(12)11-16-6-8-18-9-7-17(2)3/h4-5,10,16H,6-9,11H2,1-3H3. The van der Waals surface area contributed by atoms with Crippen molar-refractivity contribution < 1.29 is 9.13 Å². The Morgan fingerprint density at radius 3 is 2.78 bits per heavy atom. The molecule has 0 saturated carbocycles. The van der Waals surface area contributed by atoms with Gasteiger partial charge in [-0.25, -0.2) is 4.39 Å². The zero-order chi connectivity index (χ0) is 13.4. The molecule has 0 saturated heterocycles. The Morgan fingerprint density at radius 2 is 2.06 bits per heavy atom. The van der Waals surface area contributed by atoms with E-state index in [1.165, 1.54) is 6.07 Å². The summed E-state index contributed by atoms with van der Waals surface area (Å²) in [7, 11) is 4.04. The van der Waals surface area contributed by atoms with E-state index in [0.717, 1.165) is 30.8 Å². The van der Waals surface area contributed by atoms with Crippen molar-refractivity contribution in [3.05, 3.63) is 35.1 Å². The van der Waals surface area contributed by atoms with Crippen LogP contribution in [0, 0.1) is 12.7 Å². The van der Waals surface area contributed by atoms with E-state index in [2.05, 4.69) is 10.2 Å². The molecule has 0 fully saturated rings. The Morgan fingerprint density at radius 1 is 1.28 bits per heavy atom. The van der Waals surface area contributed by atoms with E-state index in [0.29, 0.717) is 13.2 Å². The molecule has 0 amide bonds. The highest BCUT2D eigenvalue weighted by Gasteiger charge is 1.99. The van der Waals surface area contributed by atoms with Gasteiger partial charge in [0, 0.05) is 19.6 Å². The van der Waals surface area contributed by atoms with E-state index in [9.17, 15) is 4.39 Å². The van der Waals surface area contributed by atoms with Crippen molar-refractivity contribution in [2.45, 2.75) is 13.5 Å². The van der Waals surface area contributed by atoms with Gasteiger partial charge in [0.15, 0.2) is 0 Å². The van der Waals surface area contributed by atoms with E-state index in [-0.39, 0.29) is 5.82 Å². The number of benzene rings is 1. The molecule has 0 bridgehead atoms. The number of hydrogen-bond acceptors (Lipinski definition) is 3. The van der Waals surface area contributed by atoms with Crippen molar-refractivity contribution in [2.24, 2.45) is 0 Å². The quantitative estimate of drug-likeness (QED) is 0.716. The minimum absolute atomic E-state index is 0.181. The van der Waals surface area contributed by atoms with Crippen LogP contribution in [0.3, 0.4) is 0 Å². The number of rotatable bonds is 8. The van der Waals surface area contributed by atoms with E-state index >= 15 is 0 Å². The second-order valence-corrected chi connectivity index (χ2v) is 4.66. The van der Waals surface area contributed by atoms with Crippen molar-refractivity contribution in [1.82, 2.24) is 10.2 Å². The molecular weight excluding hydrogens is 231 g/mol. The van der Waals surface area contributed by atoms with Crippen LogP contribution in [0.5, 0.6) is 0 Å². The van der Waals surface area contributed by atoms with Crippen LogP contribution in [0.4, 0.5) is 4.39 Å². The summed E-state index contributed by atoms with van der Waals surface area (Å²) >= 11 is 0. The van der Waals surface area contributed by atoms with E-state index in [1.807, 2.05) is 21.0 Å². The molecule has 0 aromatic heterocycles. The van der Waals surface area contributed by atoms with Gasteiger partial charge in [0.25, 0.3) is 0 Å². The highest BCUT2D eigenvalue weighted by molar-refractivity contribution is 5.26. The molecule has 3 nitrogen and oxygen atoms in total. The van der Waals surface area contributed by atoms with E-state index < -0.39 is 0 Å². The fraction of sp³-hybridized carbons (Fsp3) is 0.571. The topological polar surface area (TPSA) is 24.5 Å². The fourth-order valence-electron chi connectivity index (χ4n) is 1.55. The van der Waals surface area contributed by atoms with Gasteiger partial charge in [0.1, 0.15) is 5.82 Å². The second-order valence-electron chi connectivity index (χ2n) is 4.66. The first-order valence-electron chi connectivity index (χ1n) is 6.28. The maximum absolute atomic E-state index is 13.0. The summed E-state index contributed by atoms with van der Waals surface area (Å²) in [6.07, 6.45) is 0. The lowest BCUT2D eigenvalue weighted by Gasteiger charge is -2.11. The molecule has 0 unspecified atom stereocenters. The summed E-state index contributed by atoms with van der Waals surface area (Å²) < 4.78 is 18.5. The van der Waals surface area contributed by atoms with Crippen LogP contribution < -0.4 is 5.32 Å². The molecule has 0 spiro atoms. The smallest absolute Gasteiger partial charge is 0.123 e. The molecule has 0 aliphatic heterocycles. The van der Waals surface area contributed by atoms with E-state index in [1.54, 1.807) is 12.1 Å². The Hall–Kier alpha value is -0.970. The first kappa shape index (κ1) is 15.1. The summed E-state index contributed by atoms with van der Waals surface area (Å²) in [6, 6.07) is 4.87. The Kier molecular flexibility index (Phi) is 6.86. The monoisotopic (exact) mass is 254 g/mol. The molecular formula is C14H23FN2O. The van der Waals surface area contributed by atoms with Gasteiger partial charge in [0.2, 0.25) is 0 Å². The lowest BCUT2D eigenvalue weighted by Crippen LogP contribution is -2.23. The van der Waals surface area contributed by atoms with Crippen LogP contribution in [0.2, 0.25) is 0 Å². The largest absolute Gasteiger partial charge is 0.379 e. The van der Waals surface area contributed by atoms with Crippen molar-refractivity contribution in [3.63, 3.8) is 0 Å². The van der Waals surface area contributed by atoms with Gasteiger partial charge in [-0.15, -0.1) is 0 Å². The summed E-state index contributed by atoms with van der Waals surface area (Å²) in [5, 5.41) is 3.25. The Bertz CT molecular complexity index is 356. The van der Waals surface area contributed by atoms with Crippen molar-refractivity contribution in [3.8, 4) is 0 Å². The predicted octanol–water partition coefficient (Wildman–Crippen LogP) is 1.80. The Balaban J connectivity index is 2.12. The third-order valence-electron chi connectivity index (χ3n) is 2.73. The normalized spacial score (nSPS) is 11.2. The van der Waals surface area contributed by atoms with Gasteiger partial charge in [-0.1, -0.05) is 6.07 Å². The van der Waals surface area contributed by atoms with Gasteiger partial charge < -0.3 is 15.0 Å². The lowest BCUT2D eigenvalue weighted by atomic mass is 10.1. The average molecular weight is 254 g/mol. The summed E-state index contributed by atoms with van der Waals surface area (Å²) in [6.45, 7) is 5.81. The number of nitrogens with zero attached hydrogens (tertiary/aromatic N) is 1. The number of hydrogen-bond donors (Lipinski definition) is 1. The van der Waals surface area contributed by atoms with Gasteiger partial charge in [-0.3, -0.25) is 0 Å². The van der Waals surface area contributed by atoms with Gasteiger partial charge in [-0.2, -0.15) is 0 Å². The summed E-state index contributed by atoms with van der Waals surface area (Å²) in [4.78, 5) is 2.09. The van der Waals surface area contributed by atoms with Gasteiger partial charge in [-0.05, 0) is 44.3 Å². The third kappa shape index (κ3) is 6.10. The molecule has 0 aliphatic carbocycles. The molecule has 102 valence electrons. The van der Waals surface area contributed by atoms with Crippen LogP contribution >= 0.6 is 0 Å². The van der Waals surface area contributed by atoms with Crippen LogP contribution in [-0.2, 0) is 11.3 Å². The van der Waals surface area contributed by atoms with Crippen molar-refractivity contribution in [2.75, 3.05) is 40.4 Å². The summed E-state index contributed by atoms with van der Waals surface area (Å²) in [5.41, 5.74) is 2.11. The molecule has 1 rings (SSSR count). The first-order chi connectivity index (χ1) is 8.59. The molecule has 0 radical (unpaired) electrons. The van der Waals surface area contributed by atoms with Crippen LogP contribution in [0.15, 0.2) is 18.2 Å². The zero-order valence-electron chi connectivity index (χ0n) is 11.5. The first-order valence-corrected chi connectivity index (χ1v) is 6.28. The van der Waals surface area contributed by atoms with E-state index in [4.69, 9.17) is 4.74 Å². The fourth-order valence-corrected chi connectivity index (χ4v) is 1.55. The zero-order valence-corrected chi connectivity index (χ0v) is 11.5. The number of halogens is 1. The number of nitrogens with one attached hydrogen (secondary N) is 1. The van der Waals surface area contributed by atoms with Gasteiger partial charge >= 0.3 is 0 Å². The minimum atomic E-state index is -0.181. The molecule has 1 N–H and O–H groups in total. The SMILES string of the molecule is Cc1ccc(F)cc1CNCCOCCN(C)C. The van der Waals surface area contributed by atoms with Crippen LogP contribution in [0.25, 0.3) is 0 Å². The molecule has 0 atom stereocenters. The predicted molar refractivity (Wildman–Crippen MR) is 72.2 cm³/mol. The highest BCUT2D eigenvalue weighted by atomic mass is 19.1. The lowest BCUT2D eigenvalue weighted by molar-refractivity contribution is 0.119. The second kappa shape index (κ2) is 8.19. The number of aryl methyl sites for hydroxylation is 1. The number of ether oxygens (including phenoxy) is 1. The molecule has 0 aliphatic rings. The molecule has 4 heteroatoms. The highest BCUT2D eigenvalue weighted by Crippen LogP contribution is 2.09. The van der Waals surface area contributed by atoms with Crippen molar-refractivity contribution in [1.29, 1.82) is 0 Å². The average Bonchev–Trinajstić information content (AvgIpc) is 2.32. The van der Waals surface area contributed by atoms with Crippen molar-refractivity contribution >= 4 is 0 Å². The van der Waals surface area contributed by atoms with Crippen LogP contribution in [-0.4, -0.2) is 45.3 Å². The minimum Gasteiger partial charge on any atom is -0.379 e. The maximum atomic E-state index is 13.0. The Labute approximate surface area is 109 Å².